The van der Waals surface area contributed by atoms with Gasteiger partial charge in [-0.1, -0.05) is 12.7 Å². The molecule has 0 fully saturated rings. The van der Waals surface area contributed by atoms with E-state index in [0.717, 1.165) is 6.07 Å². The molecule has 0 bridgehead atoms. The molecule has 0 aromatic heterocycles. The maximum Gasteiger partial charge on any atom is 0.412 e. The van der Waals surface area contributed by atoms with Gasteiger partial charge in [0.2, 0.25) is 0 Å². The smallest absolute Gasteiger partial charge is 0.412 e. The predicted octanol–water partition coefficient (Wildman–Crippen LogP) is 3.52. The lowest BCUT2D eigenvalue weighted by Crippen LogP contribution is -2.27. The van der Waals surface area contributed by atoms with Crippen LogP contribution in [0.4, 0.5) is 14.9 Å². The zero-order chi connectivity index (χ0) is 13.9. The third-order valence-corrected chi connectivity index (χ3v) is 1.97. The molecule has 0 atom stereocenters. The van der Waals surface area contributed by atoms with Crippen LogP contribution in [0.25, 0.3) is 6.08 Å². The Morgan fingerprint density at radius 2 is 2.11 bits per heavy atom. The summed E-state index contributed by atoms with van der Waals surface area (Å²) in [5, 5.41) is 11.6. The number of benzene rings is 1. The third-order valence-electron chi connectivity index (χ3n) is 1.97. The van der Waals surface area contributed by atoms with Gasteiger partial charge in [0.05, 0.1) is 5.69 Å². The summed E-state index contributed by atoms with van der Waals surface area (Å²) in [6.07, 6.45) is 0.696. The molecule has 0 heterocycles. The van der Waals surface area contributed by atoms with E-state index in [2.05, 4.69) is 11.9 Å². The molecule has 0 aliphatic carbocycles. The van der Waals surface area contributed by atoms with Crippen LogP contribution < -0.4 is 5.32 Å². The van der Waals surface area contributed by atoms with Crippen molar-refractivity contribution in [1.82, 2.24) is 0 Å². The summed E-state index contributed by atoms with van der Waals surface area (Å²) >= 11 is 0. The summed E-state index contributed by atoms with van der Waals surface area (Å²) in [5.41, 5.74) is -0.0530. The molecule has 0 spiro atoms. The largest absolute Gasteiger partial charge is 0.505 e. The van der Waals surface area contributed by atoms with Crippen molar-refractivity contribution >= 4 is 17.9 Å². The second kappa shape index (κ2) is 5.08. The van der Waals surface area contributed by atoms with Crippen LogP contribution in [0.2, 0.25) is 0 Å². The van der Waals surface area contributed by atoms with Crippen LogP contribution in [0.3, 0.4) is 0 Å². The van der Waals surface area contributed by atoms with Crippen LogP contribution >= 0.6 is 0 Å². The molecular weight excluding hydrogens is 237 g/mol. The minimum absolute atomic E-state index is 0.189. The molecule has 5 heteroatoms. The molecule has 1 rings (SSSR count). The Bertz CT molecular complexity index is 478. The van der Waals surface area contributed by atoms with Crippen molar-refractivity contribution in [2.75, 3.05) is 5.32 Å². The number of hydrogen-bond acceptors (Lipinski definition) is 3. The number of phenolic OH excluding ortho intramolecular Hbond substituents is 1. The molecule has 2 N–H and O–H groups in total. The van der Waals surface area contributed by atoms with Crippen LogP contribution in [0.15, 0.2) is 18.7 Å². The first-order valence-electron chi connectivity index (χ1n) is 5.38. The fourth-order valence-electron chi connectivity index (χ4n) is 1.27. The summed E-state index contributed by atoms with van der Waals surface area (Å²) in [6, 6.07) is 2.19. The van der Waals surface area contributed by atoms with Crippen LogP contribution in [0.5, 0.6) is 5.75 Å². The van der Waals surface area contributed by atoms with E-state index >= 15 is 0 Å². The SMILES string of the molecule is C=Cc1cc(O)c(F)cc1NC(=O)OC(C)(C)C. The molecule has 1 amide bonds. The van der Waals surface area contributed by atoms with Crippen molar-refractivity contribution in [3.05, 3.63) is 30.1 Å². The van der Waals surface area contributed by atoms with Crippen molar-refractivity contribution in [2.45, 2.75) is 26.4 Å². The Balaban J connectivity index is 2.94. The first-order valence-corrected chi connectivity index (χ1v) is 5.38. The number of phenols is 1. The van der Waals surface area contributed by atoms with Crippen LogP contribution in [0, 0.1) is 5.82 Å². The van der Waals surface area contributed by atoms with Gasteiger partial charge in [-0.25, -0.2) is 9.18 Å². The van der Waals surface area contributed by atoms with Gasteiger partial charge < -0.3 is 9.84 Å². The third kappa shape index (κ3) is 3.76. The quantitative estimate of drug-likeness (QED) is 0.793. The predicted molar refractivity (Wildman–Crippen MR) is 68.0 cm³/mol. The van der Waals surface area contributed by atoms with E-state index in [-0.39, 0.29) is 5.69 Å². The fourth-order valence-corrected chi connectivity index (χ4v) is 1.27. The highest BCUT2D eigenvalue weighted by molar-refractivity contribution is 5.88. The Hall–Kier alpha value is -2.04. The molecule has 18 heavy (non-hydrogen) atoms. The van der Waals surface area contributed by atoms with Gasteiger partial charge in [-0.3, -0.25) is 5.32 Å². The summed E-state index contributed by atoms with van der Waals surface area (Å²) in [6.45, 7) is 8.68. The Labute approximate surface area is 105 Å². The van der Waals surface area contributed by atoms with E-state index in [1.807, 2.05) is 0 Å². The second-order valence-corrected chi connectivity index (χ2v) is 4.72. The lowest BCUT2D eigenvalue weighted by atomic mass is 10.1. The van der Waals surface area contributed by atoms with Gasteiger partial charge in [0.25, 0.3) is 0 Å². The number of nitrogens with one attached hydrogen (secondary N) is 1. The Kier molecular flexibility index (Phi) is 3.96. The summed E-state index contributed by atoms with van der Waals surface area (Å²) in [5.74, 6) is -1.33. The van der Waals surface area contributed by atoms with E-state index in [4.69, 9.17) is 4.74 Å². The van der Waals surface area contributed by atoms with Crippen molar-refractivity contribution in [3.63, 3.8) is 0 Å². The van der Waals surface area contributed by atoms with E-state index < -0.39 is 23.3 Å². The van der Waals surface area contributed by atoms with Gasteiger partial charge in [0, 0.05) is 11.6 Å². The molecule has 0 unspecified atom stereocenters. The molecule has 0 aliphatic rings. The highest BCUT2D eigenvalue weighted by atomic mass is 19.1. The molecule has 0 aliphatic heterocycles. The van der Waals surface area contributed by atoms with Crippen molar-refractivity contribution in [1.29, 1.82) is 0 Å². The molecule has 0 saturated carbocycles. The minimum Gasteiger partial charge on any atom is -0.505 e. The van der Waals surface area contributed by atoms with E-state index in [1.165, 1.54) is 12.1 Å². The number of aromatic hydroxyl groups is 1. The number of ether oxygens (including phenoxy) is 1. The standard InChI is InChI=1S/C13H16FNO3/c1-5-8-6-11(16)9(14)7-10(8)15-12(17)18-13(2,3)4/h5-7,16H,1H2,2-4H3,(H,15,17). The molecule has 1 aromatic carbocycles. The number of rotatable bonds is 2. The molecule has 0 saturated heterocycles. The lowest BCUT2D eigenvalue weighted by molar-refractivity contribution is 0.0636. The normalized spacial score (nSPS) is 10.9. The lowest BCUT2D eigenvalue weighted by Gasteiger charge is -2.20. The summed E-state index contributed by atoms with van der Waals surface area (Å²) < 4.78 is 18.2. The Morgan fingerprint density at radius 1 is 1.50 bits per heavy atom. The van der Waals surface area contributed by atoms with Gasteiger partial charge in [-0.15, -0.1) is 0 Å². The Morgan fingerprint density at radius 3 is 2.61 bits per heavy atom. The molecule has 98 valence electrons. The number of halogens is 1. The summed E-state index contributed by atoms with van der Waals surface area (Å²) in [7, 11) is 0. The van der Waals surface area contributed by atoms with Gasteiger partial charge in [0.15, 0.2) is 11.6 Å². The highest BCUT2D eigenvalue weighted by Gasteiger charge is 2.17. The zero-order valence-corrected chi connectivity index (χ0v) is 10.6. The maximum atomic E-state index is 13.2. The maximum absolute atomic E-state index is 13.2. The topological polar surface area (TPSA) is 58.6 Å². The molecule has 1 aromatic rings. The van der Waals surface area contributed by atoms with Crippen LogP contribution in [-0.4, -0.2) is 16.8 Å². The average molecular weight is 253 g/mol. The molecule has 4 nitrogen and oxygen atoms in total. The van der Waals surface area contributed by atoms with Crippen molar-refractivity contribution in [3.8, 4) is 5.75 Å². The average Bonchev–Trinajstić information content (AvgIpc) is 2.20. The number of amides is 1. The highest BCUT2D eigenvalue weighted by Crippen LogP contribution is 2.26. The van der Waals surface area contributed by atoms with E-state index in [0.29, 0.717) is 5.56 Å². The molecule has 0 radical (unpaired) electrons. The van der Waals surface area contributed by atoms with E-state index in [1.54, 1.807) is 20.8 Å². The van der Waals surface area contributed by atoms with Gasteiger partial charge in [-0.2, -0.15) is 0 Å². The van der Waals surface area contributed by atoms with Gasteiger partial charge in [0.1, 0.15) is 5.60 Å². The van der Waals surface area contributed by atoms with Crippen LogP contribution in [-0.2, 0) is 4.74 Å². The van der Waals surface area contributed by atoms with Crippen molar-refractivity contribution < 1.29 is 19.0 Å². The van der Waals surface area contributed by atoms with Crippen molar-refractivity contribution in [2.24, 2.45) is 0 Å². The fraction of sp³-hybridized carbons (Fsp3) is 0.308. The first kappa shape index (κ1) is 14.0. The monoisotopic (exact) mass is 253 g/mol. The minimum atomic E-state index is -0.827. The summed E-state index contributed by atoms with van der Waals surface area (Å²) in [4.78, 5) is 11.5. The van der Waals surface area contributed by atoms with Crippen LogP contribution in [0.1, 0.15) is 26.3 Å². The van der Waals surface area contributed by atoms with E-state index in [9.17, 15) is 14.3 Å². The number of carbonyl (C=O) groups is 1. The first-order chi connectivity index (χ1) is 8.23. The zero-order valence-electron chi connectivity index (χ0n) is 10.6. The number of hydrogen-bond donors (Lipinski definition) is 2. The van der Waals surface area contributed by atoms with Gasteiger partial charge in [-0.05, 0) is 26.8 Å². The second-order valence-electron chi connectivity index (χ2n) is 4.72. The number of anilines is 1. The number of carbonyl (C=O) groups excluding carboxylic acids is 1. The van der Waals surface area contributed by atoms with Gasteiger partial charge >= 0.3 is 6.09 Å². The molecular formula is C13H16FNO3.